The first-order valence-electron chi connectivity index (χ1n) is 4.94. The van der Waals surface area contributed by atoms with E-state index in [1.54, 1.807) is 0 Å². The fourth-order valence-corrected chi connectivity index (χ4v) is 1.78. The molecule has 0 radical (unpaired) electrons. The third-order valence-corrected chi connectivity index (χ3v) is 2.63. The summed E-state index contributed by atoms with van der Waals surface area (Å²) in [4.78, 5) is 10.5. The van der Waals surface area contributed by atoms with Crippen LogP contribution in [0, 0.1) is 5.92 Å². The number of alkyl halides is 3. The molecule has 0 amide bonds. The molecular formula is C9H14F3NO2. The Labute approximate surface area is 85.7 Å². The Balaban J connectivity index is 2.54. The number of hydrogen-bond donors (Lipinski definition) is 2. The molecule has 1 rings (SSSR count). The van der Waals surface area contributed by atoms with Crippen molar-refractivity contribution in [3.63, 3.8) is 0 Å². The highest BCUT2D eigenvalue weighted by molar-refractivity contribution is 5.71. The summed E-state index contributed by atoms with van der Waals surface area (Å²) >= 11 is 0. The Kier molecular flexibility index (Phi) is 3.96. The summed E-state index contributed by atoms with van der Waals surface area (Å²) in [7, 11) is 0. The van der Waals surface area contributed by atoms with Gasteiger partial charge in [-0.05, 0) is 25.8 Å². The minimum atomic E-state index is -4.65. The Morgan fingerprint density at radius 3 is 2.53 bits per heavy atom. The van der Waals surface area contributed by atoms with Crippen molar-refractivity contribution in [3.05, 3.63) is 0 Å². The van der Waals surface area contributed by atoms with Crippen LogP contribution in [0.5, 0.6) is 0 Å². The summed E-state index contributed by atoms with van der Waals surface area (Å²) in [5.41, 5.74) is 0. The van der Waals surface area contributed by atoms with E-state index in [-0.39, 0.29) is 12.5 Å². The molecular weight excluding hydrogens is 211 g/mol. The van der Waals surface area contributed by atoms with Gasteiger partial charge in [0.1, 0.15) is 0 Å². The van der Waals surface area contributed by atoms with Crippen LogP contribution < -0.4 is 5.32 Å². The Bertz CT molecular complexity index is 224. The number of hydrogen-bond acceptors (Lipinski definition) is 2. The first-order chi connectivity index (χ1) is 6.91. The van der Waals surface area contributed by atoms with Gasteiger partial charge in [0.05, 0.1) is 0 Å². The highest BCUT2D eigenvalue weighted by Crippen LogP contribution is 2.31. The summed E-state index contributed by atoms with van der Waals surface area (Å²) in [5, 5.41) is 11.4. The molecule has 15 heavy (non-hydrogen) atoms. The molecule has 0 unspecified atom stereocenters. The van der Waals surface area contributed by atoms with Gasteiger partial charge in [-0.2, -0.15) is 13.2 Å². The lowest BCUT2D eigenvalue weighted by atomic mass is 9.93. The third kappa shape index (κ3) is 3.70. The summed E-state index contributed by atoms with van der Waals surface area (Å²) < 4.78 is 37.0. The predicted octanol–water partition coefficient (Wildman–Crippen LogP) is 1.78. The molecule has 1 saturated heterocycles. The van der Waals surface area contributed by atoms with Crippen LogP contribution in [0.4, 0.5) is 13.2 Å². The zero-order valence-corrected chi connectivity index (χ0v) is 8.18. The van der Waals surface area contributed by atoms with Crippen molar-refractivity contribution < 1.29 is 23.1 Å². The fraction of sp³-hybridized carbons (Fsp3) is 0.889. The van der Waals surface area contributed by atoms with E-state index in [1.165, 1.54) is 0 Å². The van der Waals surface area contributed by atoms with E-state index >= 15 is 0 Å². The lowest BCUT2D eigenvalue weighted by Gasteiger charge is -2.26. The van der Waals surface area contributed by atoms with Crippen LogP contribution in [0.3, 0.4) is 0 Å². The van der Waals surface area contributed by atoms with E-state index in [9.17, 15) is 18.0 Å². The highest BCUT2D eigenvalue weighted by Gasteiger charge is 2.46. The lowest BCUT2D eigenvalue weighted by Crippen LogP contribution is -2.41. The first-order valence-corrected chi connectivity index (χ1v) is 4.94. The molecule has 88 valence electrons. The number of carboxylic acid groups (broad SMARTS) is 1. The number of carbonyl (C=O) groups is 1. The quantitative estimate of drug-likeness (QED) is 0.769. The molecule has 1 aliphatic rings. The van der Waals surface area contributed by atoms with Gasteiger partial charge in [-0.25, -0.2) is 0 Å². The zero-order valence-electron chi connectivity index (χ0n) is 8.18. The molecule has 0 aromatic heterocycles. The van der Waals surface area contributed by atoms with Gasteiger partial charge >= 0.3 is 12.1 Å². The number of rotatable bonds is 3. The van der Waals surface area contributed by atoms with Gasteiger partial charge < -0.3 is 10.4 Å². The standard InChI is InChI=1S/C9H14F3NO2/c10-9(11,12)7(8(14)15)5-6-3-1-2-4-13-6/h6-7,13H,1-5H2,(H,14,15)/t6-,7+/m0/s1. The maximum Gasteiger partial charge on any atom is 0.402 e. The second-order valence-corrected chi connectivity index (χ2v) is 3.81. The summed E-state index contributed by atoms with van der Waals surface area (Å²) in [5.74, 6) is -4.03. The van der Waals surface area contributed by atoms with Gasteiger partial charge in [0, 0.05) is 6.04 Å². The van der Waals surface area contributed by atoms with E-state index in [0.29, 0.717) is 13.0 Å². The summed E-state index contributed by atoms with van der Waals surface area (Å²) in [6, 6.07) is -0.318. The monoisotopic (exact) mass is 225 g/mol. The van der Waals surface area contributed by atoms with Crippen LogP contribution in [0.2, 0.25) is 0 Å². The van der Waals surface area contributed by atoms with Crippen molar-refractivity contribution in [1.29, 1.82) is 0 Å². The second kappa shape index (κ2) is 4.83. The van der Waals surface area contributed by atoms with E-state index in [2.05, 4.69) is 5.32 Å². The second-order valence-electron chi connectivity index (χ2n) is 3.81. The van der Waals surface area contributed by atoms with Crippen molar-refractivity contribution in [1.82, 2.24) is 5.32 Å². The van der Waals surface area contributed by atoms with E-state index in [1.807, 2.05) is 0 Å². The Hall–Kier alpha value is -0.780. The van der Waals surface area contributed by atoms with E-state index in [0.717, 1.165) is 12.8 Å². The molecule has 2 N–H and O–H groups in total. The largest absolute Gasteiger partial charge is 0.481 e. The SMILES string of the molecule is O=C(O)[C@@H](C[C@@H]1CCCCN1)C(F)(F)F. The van der Waals surface area contributed by atoms with Crippen LogP contribution in [-0.2, 0) is 4.79 Å². The number of nitrogens with one attached hydrogen (secondary N) is 1. The van der Waals surface area contributed by atoms with Crippen LogP contribution in [0.15, 0.2) is 0 Å². The normalized spacial score (nSPS) is 24.9. The lowest BCUT2D eigenvalue weighted by molar-refractivity contribution is -0.196. The smallest absolute Gasteiger partial charge is 0.402 e. The zero-order chi connectivity index (χ0) is 11.5. The molecule has 0 bridgehead atoms. The minimum Gasteiger partial charge on any atom is -0.481 e. The molecule has 0 aromatic carbocycles. The number of aliphatic carboxylic acids is 1. The van der Waals surface area contributed by atoms with Gasteiger partial charge in [0.2, 0.25) is 0 Å². The van der Waals surface area contributed by atoms with Crippen LogP contribution >= 0.6 is 0 Å². The van der Waals surface area contributed by atoms with Crippen LogP contribution in [0.25, 0.3) is 0 Å². The molecule has 1 fully saturated rings. The fourth-order valence-electron chi connectivity index (χ4n) is 1.78. The predicted molar refractivity (Wildman–Crippen MR) is 47.4 cm³/mol. The molecule has 3 nitrogen and oxygen atoms in total. The first kappa shape index (κ1) is 12.3. The Morgan fingerprint density at radius 2 is 2.13 bits per heavy atom. The molecule has 1 aliphatic heterocycles. The van der Waals surface area contributed by atoms with Crippen LogP contribution in [0.1, 0.15) is 25.7 Å². The minimum absolute atomic E-state index is 0.318. The third-order valence-electron chi connectivity index (χ3n) is 2.63. The van der Waals surface area contributed by atoms with Crippen LogP contribution in [-0.4, -0.2) is 29.8 Å². The molecule has 1 heterocycles. The molecule has 2 atom stereocenters. The Morgan fingerprint density at radius 1 is 1.47 bits per heavy atom. The maximum atomic E-state index is 12.3. The molecule has 0 aromatic rings. The molecule has 0 saturated carbocycles. The van der Waals surface area contributed by atoms with Crippen molar-refractivity contribution in [2.75, 3.05) is 6.54 Å². The topological polar surface area (TPSA) is 49.3 Å². The van der Waals surface area contributed by atoms with E-state index < -0.39 is 18.1 Å². The summed E-state index contributed by atoms with van der Waals surface area (Å²) in [6.07, 6.45) is -2.58. The van der Waals surface area contributed by atoms with Gasteiger partial charge in [0.25, 0.3) is 0 Å². The van der Waals surface area contributed by atoms with Gasteiger partial charge in [0.15, 0.2) is 5.92 Å². The molecule has 6 heteroatoms. The number of carboxylic acids is 1. The van der Waals surface area contributed by atoms with Gasteiger partial charge in [-0.15, -0.1) is 0 Å². The molecule has 0 aliphatic carbocycles. The van der Waals surface area contributed by atoms with Gasteiger partial charge in [-0.3, -0.25) is 4.79 Å². The molecule has 0 spiro atoms. The number of piperidine rings is 1. The van der Waals surface area contributed by atoms with Crippen molar-refractivity contribution in [3.8, 4) is 0 Å². The maximum absolute atomic E-state index is 12.3. The van der Waals surface area contributed by atoms with Gasteiger partial charge in [-0.1, -0.05) is 6.42 Å². The number of halogens is 3. The average molecular weight is 225 g/mol. The average Bonchev–Trinajstić information content (AvgIpc) is 2.13. The van der Waals surface area contributed by atoms with E-state index in [4.69, 9.17) is 5.11 Å². The summed E-state index contributed by atoms with van der Waals surface area (Å²) in [6.45, 7) is 0.675. The van der Waals surface area contributed by atoms with Crippen molar-refractivity contribution in [2.24, 2.45) is 5.92 Å². The van der Waals surface area contributed by atoms with Crippen molar-refractivity contribution >= 4 is 5.97 Å². The highest BCUT2D eigenvalue weighted by atomic mass is 19.4. The van der Waals surface area contributed by atoms with Crippen molar-refractivity contribution in [2.45, 2.75) is 37.9 Å².